The van der Waals surface area contributed by atoms with Crippen molar-refractivity contribution in [3.8, 4) is 0 Å². The SMILES string of the molecule is CCCC(=O)OCCC(C)OC(=O)CCN(C)CCCn1ccnc1. The van der Waals surface area contributed by atoms with Crippen molar-refractivity contribution in [2.75, 3.05) is 26.7 Å². The number of rotatable bonds is 13. The quantitative estimate of drug-likeness (QED) is 0.507. The molecule has 7 heteroatoms. The van der Waals surface area contributed by atoms with E-state index in [1.807, 2.05) is 31.7 Å². The van der Waals surface area contributed by atoms with Gasteiger partial charge in [-0.15, -0.1) is 0 Å². The zero-order chi connectivity index (χ0) is 18.5. The number of carbonyl (C=O) groups excluding carboxylic acids is 2. The molecule has 0 aromatic carbocycles. The molecule has 0 N–H and O–H groups in total. The van der Waals surface area contributed by atoms with E-state index < -0.39 is 0 Å². The number of ether oxygens (including phenoxy) is 2. The average Bonchev–Trinajstić information content (AvgIpc) is 3.06. The number of aryl methyl sites for hydroxylation is 1. The Morgan fingerprint density at radius 2 is 2.04 bits per heavy atom. The van der Waals surface area contributed by atoms with Crippen molar-refractivity contribution < 1.29 is 19.1 Å². The molecule has 0 radical (unpaired) electrons. The minimum atomic E-state index is -0.242. The average molecular weight is 353 g/mol. The van der Waals surface area contributed by atoms with Crippen LogP contribution in [-0.4, -0.2) is 59.2 Å². The smallest absolute Gasteiger partial charge is 0.307 e. The van der Waals surface area contributed by atoms with Gasteiger partial charge in [-0.3, -0.25) is 9.59 Å². The van der Waals surface area contributed by atoms with Crippen molar-refractivity contribution in [1.29, 1.82) is 0 Å². The summed E-state index contributed by atoms with van der Waals surface area (Å²) in [7, 11) is 2.00. The Morgan fingerprint density at radius 3 is 2.72 bits per heavy atom. The van der Waals surface area contributed by atoms with Crippen molar-refractivity contribution in [3.63, 3.8) is 0 Å². The molecule has 1 heterocycles. The maximum atomic E-state index is 11.8. The van der Waals surface area contributed by atoms with Gasteiger partial charge in [-0.25, -0.2) is 4.98 Å². The molecule has 1 aromatic heterocycles. The molecule has 0 bridgehead atoms. The Kier molecular flexibility index (Phi) is 10.6. The van der Waals surface area contributed by atoms with Crippen LogP contribution in [0.5, 0.6) is 0 Å². The molecule has 0 saturated carbocycles. The monoisotopic (exact) mass is 353 g/mol. The van der Waals surface area contributed by atoms with E-state index >= 15 is 0 Å². The lowest BCUT2D eigenvalue weighted by Crippen LogP contribution is -2.26. The van der Waals surface area contributed by atoms with E-state index in [1.54, 1.807) is 12.5 Å². The van der Waals surface area contributed by atoms with Crippen molar-refractivity contribution in [2.24, 2.45) is 0 Å². The predicted octanol–water partition coefficient (Wildman–Crippen LogP) is 2.26. The Bertz CT molecular complexity index is 491. The number of aromatic nitrogens is 2. The second-order valence-corrected chi connectivity index (χ2v) is 6.27. The Morgan fingerprint density at radius 1 is 1.24 bits per heavy atom. The number of nitrogens with zero attached hydrogens (tertiary/aromatic N) is 3. The predicted molar refractivity (Wildman–Crippen MR) is 95.0 cm³/mol. The number of hydrogen-bond acceptors (Lipinski definition) is 6. The van der Waals surface area contributed by atoms with Crippen molar-refractivity contribution in [1.82, 2.24) is 14.5 Å². The highest BCUT2D eigenvalue weighted by Crippen LogP contribution is 2.03. The normalized spacial score (nSPS) is 12.2. The zero-order valence-electron chi connectivity index (χ0n) is 15.6. The first-order chi connectivity index (χ1) is 12.0. The van der Waals surface area contributed by atoms with Crippen molar-refractivity contribution in [3.05, 3.63) is 18.7 Å². The summed E-state index contributed by atoms with van der Waals surface area (Å²) in [6.45, 7) is 6.54. The summed E-state index contributed by atoms with van der Waals surface area (Å²) in [6.07, 6.45) is 8.38. The lowest BCUT2D eigenvalue weighted by molar-refractivity contribution is -0.150. The van der Waals surface area contributed by atoms with Crippen LogP contribution in [0.1, 0.15) is 46.0 Å². The second kappa shape index (κ2) is 12.5. The van der Waals surface area contributed by atoms with Gasteiger partial charge in [0.15, 0.2) is 0 Å². The molecule has 25 heavy (non-hydrogen) atoms. The van der Waals surface area contributed by atoms with Gasteiger partial charge in [0.2, 0.25) is 0 Å². The van der Waals surface area contributed by atoms with Gasteiger partial charge in [0.05, 0.1) is 19.4 Å². The van der Waals surface area contributed by atoms with Gasteiger partial charge in [-0.1, -0.05) is 6.92 Å². The third kappa shape index (κ3) is 10.6. The van der Waals surface area contributed by atoms with Crippen LogP contribution in [-0.2, 0) is 25.6 Å². The first-order valence-corrected chi connectivity index (χ1v) is 9.00. The van der Waals surface area contributed by atoms with Crippen LogP contribution >= 0.6 is 0 Å². The lowest BCUT2D eigenvalue weighted by Gasteiger charge is -2.17. The van der Waals surface area contributed by atoms with E-state index in [0.29, 0.717) is 32.4 Å². The topological polar surface area (TPSA) is 73.7 Å². The minimum absolute atomic E-state index is 0.196. The molecular weight excluding hydrogens is 322 g/mol. The minimum Gasteiger partial charge on any atom is -0.466 e. The van der Waals surface area contributed by atoms with E-state index in [4.69, 9.17) is 9.47 Å². The van der Waals surface area contributed by atoms with Gasteiger partial charge >= 0.3 is 11.9 Å². The molecule has 1 rings (SSSR count). The summed E-state index contributed by atoms with van der Waals surface area (Å²) in [5.74, 6) is -0.410. The molecule has 0 spiro atoms. The molecule has 0 fully saturated rings. The number of imidazole rings is 1. The molecule has 1 aromatic rings. The lowest BCUT2D eigenvalue weighted by atomic mass is 10.3. The van der Waals surface area contributed by atoms with E-state index in [9.17, 15) is 9.59 Å². The van der Waals surface area contributed by atoms with Crippen molar-refractivity contribution in [2.45, 2.75) is 58.6 Å². The summed E-state index contributed by atoms with van der Waals surface area (Å²) >= 11 is 0. The fraction of sp³-hybridized carbons (Fsp3) is 0.722. The molecule has 0 aliphatic heterocycles. The van der Waals surface area contributed by atoms with E-state index in [0.717, 1.165) is 25.9 Å². The molecule has 1 unspecified atom stereocenters. The molecule has 7 nitrogen and oxygen atoms in total. The zero-order valence-corrected chi connectivity index (χ0v) is 15.6. The highest BCUT2D eigenvalue weighted by molar-refractivity contribution is 5.70. The highest BCUT2D eigenvalue weighted by Gasteiger charge is 2.11. The molecule has 0 amide bonds. The van der Waals surface area contributed by atoms with Crippen molar-refractivity contribution >= 4 is 11.9 Å². The molecule has 0 aliphatic rings. The first-order valence-electron chi connectivity index (χ1n) is 9.00. The Balaban J connectivity index is 2.05. The Labute approximate surface area is 150 Å². The molecular formula is C18H31N3O4. The Hall–Kier alpha value is -1.89. The van der Waals surface area contributed by atoms with Gasteiger partial charge in [0, 0.05) is 38.3 Å². The van der Waals surface area contributed by atoms with Crippen LogP contribution in [0.4, 0.5) is 0 Å². The van der Waals surface area contributed by atoms with Gasteiger partial charge < -0.3 is 18.9 Å². The van der Waals surface area contributed by atoms with Crippen LogP contribution in [0.3, 0.4) is 0 Å². The fourth-order valence-corrected chi connectivity index (χ4v) is 2.29. The van der Waals surface area contributed by atoms with Crippen LogP contribution in [0.25, 0.3) is 0 Å². The first kappa shape index (κ1) is 21.2. The molecule has 0 aliphatic carbocycles. The number of esters is 2. The summed E-state index contributed by atoms with van der Waals surface area (Å²) in [5.41, 5.74) is 0. The maximum Gasteiger partial charge on any atom is 0.307 e. The summed E-state index contributed by atoms with van der Waals surface area (Å²) in [4.78, 5) is 29.2. The van der Waals surface area contributed by atoms with Crippen LogP contribution < -0.4 is 0 Å². The molecule has 0 saturated heterocycles. The third-order valence-corrected chi connectivity index (χ3v) is 3.79. The van der Waals surface area contributed by atoms with E-state index in [-0.39, 0.29) is 18.0 Å². The summed E-state index contributed by atoms with van der Waals surface area (Å²) < 4.78 is 12.4. The van der Waals surface area contributed by atoms with Crippen LogP contribution in [0.2, 0.25) is 0 Å². The highest BCUT2D eigenvalue weighted by atomic mass is 16.6. The van der Waals surface area contributed by atoms with Gasteiger partial charge in [-0.05, 0) is 33.4 Å². The standard InChI is InChI=1S/C18H31N3O4/c1-4-6-17(22)24-14-8-16(2)25-18(23)7-12-20(3)10-5-11-21-13-9-19-15-21/h9,13,15-16H,4-8,10-12,14H2,1-3H3. The molecule has 142 valence electrons. The van der Waals surface area contributed by atoms with E-state index in [1.165, 1.54) is 0 Å². The van der Waals surface area contributed by atoms with Crippen LogP contribution in [0, 0.1) is 0 Å². The van der Waals surface area contributed by atoms with Crippen LogP contribution in [0.15, 0.2) is 18.7 Å². The number of hydrogen-bond donors (Lipinski definition) is 0. The largest absolute Gasteiger partial charge is 0.466 e. The van der Waals surface area contributed by atoms with Gasteiger partial charge in [-0.2, -0.15) is 0 Å². The summed E-state index contributed by atoms with van der Waals surface area (Å²) in [5, 5.41) is 0. The second-order valence-electron chi connectivity index (χ2n) is 6.27. The third-order valence-electron chi connectivity index (χ3n) is 3.79. The molecule has 1 atom stereocenters. The number of carbonyl (C=O) groups is 2. The van der Waals surface area contributed by atoms with E-state index in [2.05, 4.69) is 9.88 Å². The van der Waals surface area contributed by atoms with Gasteiger partial charge in [0.25, 0.3) is 0 Å². The summed E-state index contributed by atoms with van der Waals surface area (Å²) in [6, 6.07) is 0. The maximum absolute atomic E-state index is 11.8. The fourth-order valence-electron chi connectivity index (χ4n) is 2.29. The van der Waals surface area contributed by atoms with Gasteiger partial charge in [0.1, 0.15) is 6.10 Å².